The highest BCUT2D eigenvalue weighted by molar-refractivity contribution is 5.37. The van der Waals surface area contributed by atoms with Crippen molar-refractivity contribution >= 4 is 0 Å². The molecule has 1 aliphatic heterocycles. The summed E-state index contributed by atoms with van der Waals surface area (Å²) in [5, 5.41) is 6.77. The van der Waals surface area contributed by atoms with E-state index in [1.807, 2.05) is 0 Å². The summed E-state index contributed by atoms with van der Waals surface area (Å²) in [6.45, 7) is 6.40. The van der Waals surface area contributed by atoms with Crippen LogP contribution in [0.5, 0.6) is 0 Å². The third-order valence-corrected chi connectivity index (χ3v) is 2.81. The SMILES string of the molecule is CCNCCc1cccc2c1CNC2. The fourth-order valence-corrected chi connectivity index (χ4v) is 2.04. The van der Waals surface area contributed by atoms with Crippen molar-refractivity contribution in [1.82, 2.24) is 10.6 Å². The molecule has 0 bridgehead atoms. The maximum Gasteiger partial charge on any atom is 0.0214 e. The Labute approximate surface area is 85.7 Å². The predicted molar refractivity (Wildman–Crippen MR) is 59.2 cm³/mol. The molecule has 0 radical (unpaired) electrons. The van der Waals surface area contributed by atoms with Crippen molar-refractivity contribution in [3.05, 3.63) is 34.9 Å². The number of hydrogen-bond donors (Lipinski definition) is 2. The molecule has 0 amide bonds. The Morgan fingerprint density at radius 1 is 1.36 bits per heavy atom. The van der Waals surface area contributed by atoms with E-state index in [0.717, 1.165) is 32.6 Å². The van der Waals surface area contributed by atoms with Crippen LogP contribution in [0.1, 0.15) is 23.6 Å². The molecule has 2 nitrogen and oxygen atoms in total. The first-order valence-electron chi connectivity index (χ1n) is 5.43. The van der Waals surface area contributed by atoms with Gasteiger partial charge in [-0.2, -0.15) is 0 Å². The fourth-order valence-electron chi connectivity index (χ4n) is 2.04. The molecule has 0 atom stereocenters. The molecule has 14 heavy (non-hydrogen) atoms. The van der Waals surface area contributed by atoms with Gasteiger partial charge >= 0.3 is 0 Å². The van der Waals surface area contributed by atoms with Crippen molar-refractivity contribution in [2.45, 2.75) is 26.4 Å². The van der Waals surface area contributed by atoms with Crippen LogP contribution < -0.4 is 10.6 Å². The average molecular weight is 190 g/mol. The molecule has 1 aromatic carbocycles. The molecule has 2 N–H and O–H groups in total. The molecule has 2 rings (SSSR count). The van der Waals surface area contributed by atoms with Crippen LogP contribution in [0.2, 0.25) is 0 Å². The van der Waals surface area contributed by atoms with Crippen molar-refractivity contribution < 1.29 is 0 Å². The third kappa shape index (κ3) is 1.97. The Kier molecular flexibility index (Phi) is 3.17. The van der Waals surface area contributed by atoms with Gasteiger partial charge in [-0.05, 0) is 36.2 Å². The molecular weight excluding hydrogens is 172 g/mol. The lowest BCUT2D eigenvalue weighted by Crippen LogP contribution is -2.16. The molecule has 1 heterocycles. The summed E-state index contributed by atoms with van der Waals surface area (Å²) in [6.07, 6.45) is 1.15. The van der Waals surface area contributed by atoms with Crippen LogP contribution in [-0.2, 0) is 19.5 Å². The molecular formula is C12H18N2. The summed E-state index contributed by atoms with van der Waals surface area (Å²) in [6, 6.07) is 6.66. The molecule has 0 unspecified atom stereocenters. The van der Waals surface area contributed by atoms with E-state index in [1.54, 1.807) is 0 Å². The molecule has 2 heteroatoms. The number of fused-ring (bicyclic) bond motifs is 1. The zero-order chi connectivity index (χ0) is 9.80. The average Bonchev–Trinajstić information content (AvgIpc) is 2.67. The Morgan fingerprint density at radius 3 is 3.14 bits per heavy atom. The van der Waals surface area contributed by atoms with Crippen LogP contribution in [0.4, 0.5) is 0 Å². The number of likely N-dealkylation sites (N-methyl/N-ethyl adjacent to an activating group) is 1. The van der Waals surface area contributed by atoms with Crippen molar-refractivity contribution in [2.75, 3.05) is 13.1 Å². The fraction of sp³-hybridized carbons (Fsp3) is 0.500. The molecule has 1 aromatic rings. The zero-order valence-corrected chi connectivity index (χ0v) is 8.77. The van der Waals surface area contributed by atoms with Crippen LogP contribution in [0, 0.1) is 0 Å². The highest BCUT2D eigenvalue weighted by atomic mass is 14.9. The van der Waals surface area contributed by atoms with Gasteiger partial charge in [0.25, 0.3) is 0 Å². The van der Waals surface area contributed by atoms with Gasteiger partial charge in [0.05, 0.1) is 0 Å². The lowest BCUT2D eigenvalue weighted by molar-refractivity contribution is 0.710. The standard InChI is InChI=1S/C12H18N2/c1-2-13-7-6-10-4-3-5-11-8-14-9-12(10)11/h3-5,13-14H,2,6-9H2,1H3. The van der Waals surface area contributed by atoms with Gasteiger partial charge in [0.2, 0.25) is 0 Å². The molecule has 0 fully saturated rings. The van der Waals surface area contributed by atoms with Crippen molar-refractivity contribution in [3.8, 4) is 0 Å². The van der Waals surface area contributed by atoms with E-state index < -0.39 is 0 Å². The Morgan fingerprint density at radius 2 is 2.29 bits per heavy atom. The van der Waals surface area contributed by atoms with E-state index in [9.17, 15) is 0 Å². The van der Waals surface area contributed by atoms with Gasteiger partial charge in [-0.1, -0.05) is 25.1 Å². The van der Waals surface area contributed by atoms with Gasteiger partial charge < -0.3 is 10.6 Å². The Bertz CT molecular complexity index is 307. The number of rotatable bonds is 4. The van der Waals surface area contributed by atoms with Crippen LogP contribution in [0.25, 0.3) is 0 Å². The molecule has 0 spiro atoms. The Hall–Kier alpha value is -0.860. The van der Waals surface area contributed by atoms with Gasteiger partial charge in [0.1, 0.15) is 0 Å². The minimum absolute atomic E-state index is 1.05. The normalized spacial score (nSPS) is 14.4. The van der Waals surface area contributed by atoms with Crippen LogP contribution >= 0.6 is 0 Å². The second-order valence-electron chi connectivity index (χ2n) is 3.76. The first kappa shape index (κ1) is 9.69. The van der Waals surface area contributed by atoms with E-state index in [0.29, 0.717) is 0 Å². The van der Waals surface area contributed by atoms with Gasteiger partial charge in [-0.3, -0.25) is 0 Å². The van der Waals surface area contributed by atoms with Gasteiger partial charge in [0, 0.05) is 13.1 Å². The van der Waals surface area contributed by atoms with Crippen LogP contribution in [0.15, 0.2) is 18.2 Å². The maximum atomic E-state index is 3.40. The number of nitrogens with one attached hydrogen (secondary N) is 2. The highest BCUT2D eigenvalue weighted by Gasteiger charge is 2.12. The first-order chi connectivity index (χ1) is 6.92. The minimum atomic E-state index is 1.05. The maximum absolute atomic E-state index is 3.40. The summed E-state index contributed by atoms with van der Waals surface area (Å²) < 4.78 is 0. The topological polar surface area (TPSA) is 24.1 Å². The molecule has 1 aliphatic rings. The summed E-state index contributed by atoms with van der Waals surface area (Å²) >= 11 is 0. The quantitative estimate of drug-likeness (QED) is 0.702. The molecule has 76 valence electrons. The third-order valence-electron chi connectivity index (χ3n) is 2.81. The summed E-state index contributed by atoms with van der Waals surface area (Å²) in [7, 11) is 0. The second kappa shape index (κ2) is 4.58. The summed E-state index contributed by atoms with van der Waals surface area (Å²) in [5.74, 6) is 0. The molecule has 0 saturated heterocycles. The van der Waals surface area contributed by atoms with Gasteiger partial charge in [-0.15, -0.1) is 0 Å². The summed E-state index contributed by atoms with van der Waals surface area (Å²) in [5.41, 5.74) is 4.53. The largest absolute Gasteiger partial charge is 0.317 e. The second-order valence-corrected chi connectivity index (χ2v) is 3.76. The minimum Gasteiger partial charge on any atom is -0.317 e. The van der Waals surface area contributed by atoms with E-state index in [1.165, 1.54) is 16.7 Å². The predicted octanol–water partition coefficient (Wildman–Crippen LogP) is 1.44. The van der Waals surface area contributed by atoms with E-state index in [-0.39, 0.29) is 0 Å². The van der Waals surface area contributed by atoms with Crippen LogP contribution in [0.3, 0.4) is 0 Å². The lowest BCUT2D eigenvalue weighted by atomic mass is 10.0. The van der Waals surface area contributed by atoms with Gasteiger partial charge in [0.15, 0.2) is 0 Å². The molecule has 0 saturated carbocycles. The molecule has 0 aromatic heterocycles. The monoisotopic (exact) mass is 190 g/mol. The molecule has 0 aliphatic carbocycles. The lowest BCUT2D eigenvalue weighted by Gasteiger charge is -2.07. The summed E-state index contributed by atoms with van der Waals surface area (Å²) in [4.78, 5) is 0. The van der Waals surface area contributed by atoms with Gasteiger partial charge in [-0.25, -0.2) is 0 Å². The van der Waals surface area contributed by atoms with Crippen LogP contribution in [-0.4, -0.2) is 13.1 Å². The van der Waals surface area contributed by atoms with Crippen molar-refractivity contribution in [2.24, 2.45) is 0 Å². The first-order valence-corrected chi connectivity index (χ1v) is 5.43. The van der Waals surface area contributed by atoms with E-state index >= 15 is 0 Å². The van der Waals surface area contributed by atoms with Crippen molar-refractivity contribution in [3.63, 3.8) is 0 Å². The Balaban J connectivity index is 2.06. The van der Waals surface area contributed by atoms with Crippen molar-refractivity contribution in [1.29, 1.82) is 0 Å². The smallest absolute Gasteiger partial charge is 0.0214 e. The zero-order valence-electron chi connectivity index (χ0n) is 8.77. The number of benzene rings is 1. The highest BCUT2D eigenvalue weighted by Crippen LogP contribution is 2.19. The number of hydrogen-bond acceptors (Lipinski definition) is 2. The van der Waals surface area contributed by atoms with E-state index in [2.05, 4.69) is 35.8 Å². The van der Waals surface area contributed by atoms with E-state index in [4.69, 9.17) is 0 Å².